The lowest BCUT2D eigenvalue weighted by molar-refractivity contribution is -0.131. The summed E-state index contributed by atoms with van der Waals surface area (Å²) >= 11 is 2.19. The maximum absolute atomic E-state index is 10.5. The summed E-state index contributed by atoms with van der Waals surface area (Å²) in [7, 11) is 0. The average molecular weight is 299 g/mol. The van der Waals surface area contributed by atoms with Crippen molar-refractivity contribution in [3.05, 3.63) is 27.8 Å². The predicted molar refractivity (Wildman–Crippen MR) is 57.7 cm³/mol. The Kier molecular flexibility index (Phi) is 5.24. The molecule has 0 spiro atoms. The molecular weight excluding hydrogens is 290 g/mol. The molecule has 0 aromatic heterocycles. The van der Waals surface area contributed by atoms with E-state index in [9.17, 15) is 4.79 Å². The van der Waals surface area contributed by atoms with Crippen molar-refractivity contribution < 1.29 is 9.53 Å². The van der Waals surface area contributed by atoms with Crippen LogP contribution < -0.4 is 4.74 Å². The number of hydrogen-bond acceptors (Lipinski definition) is 2. The van der Waals surface area contributed by atoms with E-state index in [1.165, 1.54) is 6.92 Å². The minimum atomic E-state index is -0.286. The van der Waals surface area contributed by atoms with E-state index in [2.05, 4.69) is 22.6 Å². The van der Waals surface area contributed by atoms with Crippen molar-refractivity contribution in [2.45, 2.75) is 6.92 Å². The summed E-state index contributed by atoms with van der Waals surface area (Å²) in [5, 5.41) is 0. The lowest BCUT2D eigenvalue weighted by Gasteiger charge is -1.99. The zero-order valence-electron chi connectivity index (χ0n) is 6.41. The second-order valence-electron chi connectivity index (χ2n) is 2.05. The summed E-state index contributed by atoms with van der Waals surface area (Å²) in [4.78, 5) is 10.5. The van der Waals surface area contributed by atoms with Crippen LogP contribution in [0.1, 0.15) is 6.92 Å². The topological polar surface area (TPSA) is 26.3 Å². The predicted octanol–water partition coefficient (Wildman–Crippen LogP) is 2.64. The third kappa shape index (κ3) is 3.92. The minimum absolute atomic E-state index is 0. The van der Waals surface area contributed by atoms with Gasteiger partial charge in [0.15, 0.2) is 0 Å². The van der Waals surface area contributed by atoms with Gasteiger partial charge in [-0.3, -0.25) is 4.79 Å². The van der Waals surface area contributed by atoms with E-state index in [0.29, 0.717) is 5.75 Å². The fraction of sp³-hybridized carbons (Fsp3) is 0.125. The fourth-order valence-electron chi connectivity index (χ4n) is 0.669. The second kappa shape index (κ2) is 5.37. The second-order valence-corrected chi connectivity index (χ2v) is 3.29. The molecule has 0 heterocycles. The molecule has 4 heteroatoms. The Morgan fingerprint density at radius 3 is 2.25 bits per heavy atom. The Morgan fingerprint density at radius 1 is 1.33 bits per heavy atom. The van der Waals surface area contributed by atoms with Gasteiger partial charge in [0.25, 0.3) is 0 Å². The molecule has 0 radical (unpaired) electrons. The van der Waals surface area contributed by atoms with Crippen molar-refractivity contribution in [3.63, 3.8) is 0 Å². The van der Waals surface area contributed by atoms with Gasteiger partial charge in [0.1, 0.15) is 5.75 Å². The third-order valence-corrected chi connectivity index (χ3v) is 1.79. The van der Waals surface area contributed by atoms with E-state index >= 15 is 0 Å². The smallest absolute Gasteiger partial charge is 0.308 e. The molecule has 2 nitrogen and oxygen atoms in total. The van der Waals surface area contributed by atoms with Crippen molar-refractivity contribution in [1.82, 2.24) is 0 Å². The zero-order chi connectivity index (χ0) is 8.27. The summed E-state index contributed by atoms with van der Waals surface area (Å²) in [6.07, 6.45) is 0. The molecule has 0 aliphatic rings. The van der Waals surface area contributed by atoms with Gasteiger partial charge < -0.3 is 4.74 Å². The fourth-order valence-corrected chi connectivity index (χ4v) is 1.03. The molecule has 0 saturated carbocycles. The molecule has 0 saturated heterocycles. The number of halogens is 2. The lowest BCUT2D eigenvalue weighted by Crippen LogP contribution is -2.00. The molecule has 0 amide bonds. The molecule has 66 valence electrons. The standard InChI is InChI=1S/C8H7IO2.ClH/c1-6(10)11-8-4-2-7(9)3-5-8;/h2-5H,1H3;1H. The molecule has 12 heavy (non-hydrogen) atoms. The van der Waals surface area contributed by atoms with Crippen molar-refractivity contribution in [1.29, 1.82) is 0 Å². The normalized spacial score (nSPS) is 8.50. The van der Waals surface area contributed by atoms with Crippen molar-refractivity contribution >= 4 is 41.0 Å². The summed E-state index contributed by atoms with van der Waals surface area (Å²) < 4.78 is 5.95. The van der Waals surface area contributed by atoms with Crippen LogP contribution in [0, 0.1) is 3.57 Å². The van der Waals surface area contributed by atoms with Crippen LogP contribution >= 0.6 is 35.0 Å². The first-order valence-corrected chi connectivity index (χ1v) is 4.20. The number of esters is 1. The van der Waals surface area contributed by atoms with Crippen LogP contribution in [-0.2, 0) is 4.79 Å². The van der Waals surface area contributed by atoms with E-state index in [0.717, 1.165) is 3.57 Å². The molecule has 0 aliphatic heterocycles. The molecule has 0 N–H and O–H groups in total. The van der Waals surface area contributed by atoms with Gasteiger partial charge in [-0.1, -0.05) is 0 Å². The van der Waals surface area contributed by atoms with E-state index in [4.69, 9.17) is 4.74 Å². The van der Waals surface area contributed by atoms with E-state index in [1.54, 1.807) is 12.1 Å². The number of carbonyl (C=O) groups is 1. The largest absolute Gasteiger partial charge is 0.427 e. The van der Waals surface area contributed by atoms with Crippen molar-refractivity contribution in [2.75, 3.05) is 0 Å². The molecule has 0 unspecified atom stereocenters. The molecule has 1 rings (SSSR count). The van der Waals surface area contributed by atoms with Crippen LogP contribution in [0.15, 0.2) is 24.3 Å². The highest BCUT2D eigenvalue weighted by atomic mass is 127. The first-order chi connectivity index (χ1) is 5.18. The Labute approximate surface area is 90.9 Å². The highest BCUT2D eigenvalue weighted by molar-refractivity contribution is 14.1. The first-order valence-electron chi connectivity index (χ1n) is 3.12. The quantitative estimate of drug-likeness (QED) is 0.453. The summed E-state index contributed by atoms with van der Waals surface area (Å²) in [6, 6.07) is 7.31. The van der Waals surface area contributed by atoms with Gasteiger partial charge in [-0.2, -0.15) is 0 Å². The van der Waals surface area contributed by atoms with Crippen LogP contribution in [0.5, 0.6) is 5.75 Å². The van der Waals surface area contributed by atoms with E-state index in [1.807, 2.05) is 12.1 Å². The maximum Gasteiger partial charge on any atom is 0.308 e. The number of carbonyl (C=O) groups excluding carboxylic acids is 1. The summed E-state index contributed by atoms with van der Waals surface area (Å²) in [5.41, 5.74) is 0. The number of hydrogen-bond donors (Lipinski definition) is 0. The van der Waals surface area contributed by atoms with E-state index < -0.39 is 0 Å². The van der Waals surface area contributed by atoms with E-state index in [-0.39, 0.29) is 18.4 Å². The number of benzene rings is 1. The van der Waals surface area contributed by atoms with Gasteiger partial charge in [0, 0.05) is 10.5 Å². The van der Waals surface area contributed by atoms with Gasteiger partial charge >= 0.3 is 5.97 Å². The number of rotatable bonds is 1. The van der Waals surface area contributed by atoms with Crippen LogP contribution in [0.3, 0.4) is 0 Å². The highest BCUT2D eigenvalue weighted by Gasteiger charge is 1.95. The summed E-state index contributed by atoms with van der Waals surface area (Å²) in [5.74, 6) is 0.309. The highest BCUT2D eigenvalue weighted by Crippen LogP contribution is 2.13. The van der Waals surface area contributed by atoms with Crippen LogP contribution in [0.4, 0.5) is 0 Å². The van der Waals surface area contributed by atoms with Gasteiger partial charge in [-0.25, -0.2) is 0 Å². The maximum atomic E-state index is 10.5. The SMILES string of the molecule is CC(=O)Oc1ccc(I)cc1.Cl. The molecule has 1 aromatic carbocycles. The van der Waals surface area contributed by atoms with Crippen LogP contribution in [-0.4, -0.2) is 5.97 Å². The Hall–Kier alpha value is -0.290. The van der Waals surface area contributed by atoms with Gasteiger partial charge in [-0.05, 0) is 46.9 Å². The summed E-state index contributed by atoms with van der Waals surface area (Å²) in [6.45, 7) is 1.39. The first kappa shape index (κ1) is 11.7. The minimum Gasteiger partial charge on any atom is -0.427 e. The molecule has 1 aromatic rings. The van der Waals surface area contributed by atoms with Gasteiger partial charge in [0.2, 0.25) is 0 Å². The van der Waals surface area contributed by atoms with Gasteiger partial charge in [0.05, 0.1) is 0 Å². The Balaban J connectivity index is 0.00000121. The molecule has 0 aliphatic carbocycles. The molecule has 0 bridgehead atoms. The van der Waals surface area contributed by atoms with Crippen LogP contribution in [0.2, 0.25) is 0 Å². The number of ether oxygens (including phenoxy) is 1. The lowest BCUT2D eigenvalue weighted by atomic mass is 10.3. The van der Waals surface area contributed by atoms with Crippen molar-refractivity contribution in [3.8, 4) is 5.75 Å². The Morgan fingerprint density at radius 2 is 1.83 bits per heavy atom. The Bertz CT molecular complexity index is 258. The molecular formula is C8H8ClIO2. The van der Waals surface area contributed by atoms with Crippen LogP contribution in [0.25, 0.3) is 0 Å². The monoisotopic (exact) mass is 298 g/mol. The van der Waals surface area contributed by atoms with Gasteiger partial charge in [-0.15, -0.1) is 12.4 Å². The zero-order valence-corrected chi connectivity index (χ0v) is 9.39. The average Bonchev–Trinajstić information content (AvgIpc) is 1.93. The van der Waals surface area contributed by atoms with Crippen molar-refractivity contribution in [2.24, 2.45) is 0 Å². The molecule has 0 fully saturated rings. The molecule has 0 atom stereocenters. The third-order valence-electron chi connectivity index (χ3n) is 1.08.